The Balaban J connectivity index is 2.08. The van der Waals surface area contributed by atoms with E-state index in [9.17, 15) is 15.0 Å². The summed E-state index contributed by atoms with van der Waals surface area (Å²) in [6.45, 7) is -0.884. The van der Waals surface area contributed by atoms with E-state index in [1.165, 1.54) is 0 Å². The summed E-state index contributed by atoms with van der Waals surface area (Å²) in [5, 5.41) is 43.0. The number of aliphatic hydroxyl groups excluding tert-OH is 3. The lowest BCUT2D eigenvalue weighted by atomic mass is 9.96. The summed E-state index contributed by atoms with van der Waals surface area (Å²) < 4.78 is 5.28. The fourth-order valence-electron chi connectivity index (χ4n) is 2.21. The molecule has 6 N–H and O–H groups in total. The highest BCUT2D eigenvalue weighted by atomic mass is 16.6. The van der Waals surface area contributed by atoms with Crippen molar-refractivity contribution in [1.29, 1.82) is 10.9 Å². The number of hydrogen-bond acceptors (Lipinski definition) is 10. The number of hydrogen-bond donors (Lipinski definition) is 6. The molecule has 1 fully saturated rings. The molecule has 110 valence electrons. The van der Waals surface area contributed by atoms with Gasteiger partial charge in [-0.15, -0.1) is 0 Å². The van der Waals surface area contributed by atoms with Crippen molar-refractivity contribution < 1.29 is 24.9 Å². The number of rotatable bonds is 5. The van der Waals surface area contributed by atoms with E-state index in [2.05, 4.69) is 15.6 Å². The van der Waals surface area contributed by atoms with Gasteiger partial charge in [0.05, 0.1) is 12.3 Å². The van der Waals surface area contributed by atoms with Crippen LogP contribution in [0.15, 0.2) is 10.2 Å². The molecule has 5 atom stereocenters. The van der Waals surface area contributed by atoms with E-state index in [-0.39, 0.29) is 11.4 Å². The molecule has 0 aromatic carbocycles. The van der Waals surface area contributed by atoms with Crippen molar-refractivity contribution in [2.75, 3.05) is 13.2 Å². The molecular weight excluding hydrogens is 270 g/mol. The minimum atomic E-state index is -1.31. The quantitative estimate of drug-likeness (QED) is 0.303. The first kappa shape index (κ1) is 14.7. The van der Waals surface area contributed by atoms with Crippen LogP contribution in [0.25, 0.3) is 0 Å². The number of nitrogens with one attached hydrogen (secondary N) is 3. The van der Waals surface area contributed by atoms with Crippen LogP contribution in [0, 0.1) is 10.9 Å². The summed E-state index contributed by atoms with van der Waals surface area (Å²) in [4.78, 5) is 11.6. The molecule has 0 aromatic rings. The molecule has 0 bridgehead atoms. The lowest BCUT2D eigenvalue weighted by molar-refractivity contribution is -0.111. The van der Waals surface area contributed by atoms with Gasteiger partial charge in [0.25, 0.3) is 0 Å². The Kier molecular flexibility index (Phi) is 4.18. The second-order valence-electron chi connectivity index (χ2n) is 4.52. The molecule has 0 aromatic heterocycles. The van der Waals surface area contributed by atoms with Gasteiger partial charge < -0.3 is 25.5 Å². The van der Waals surface area contributed by atoms with Gasteiger partial charge in [0.2, 0.25) is 5.78 Å². The molecule has 10 heteroatoms. The smallest absolute Gasteiger partial charge is 0.208 e. The van der Waals surface area contributed by atoms with E-state index in [4.69, 9.17) is 20.8 Å². The zero-order chi connectivity index (χ0) is 14.9. The van der Waals surface area contributed by atoms with E-state index in [0.29, 0.717) is 0 Å². The first-order chi connectivity index (χ1) is 9.51. The minimum Gasteiger partial charge on any atom is -0.394 e. The van der Waals surface area contributed by atoms with Crippen LogP contribution < -0.4 is 5.43 Å². The molecule has 1 unspecified atom stereocenters. The lowest BCUT2D eigenvalue weighted by Crippen LogP contribution is -2.48. The van der Waals surface area contributed by atoms with Crippen LogP contribution in [0.3, 0.4) is 0 Å². The summed E-state index contributed by atoms with van der Waals surface area (Å²) in [6, 6.07) is -0.902. The molecule has 2 rings (SSSR count). The van der Waals surface area contributed by atoms with Gasteiger partial charge in [-0.05, 0) is 0 Å². The van der Waals surface area contributed by atoms with Crippen LogP contribution in [-0.4, -0.2) is 76.1 Å². The number of hydrazone groups is 1. The Morgan fingerprint density at radius 1 is 1.45 bits per heavy atom. The van der Waals surface area contributed by atoms with Crippen molar-refractivity contribution in [2.45, 2.75) is 30.5 Å². The third kappa shape index (κ3) is 2.33. The van der Waals surface area contributed by atoms with Gasteiger partial charge in [-0.2, -0.15) is 10.2 Å². The number of aliphatic hydroxyl groups is 3. The van der Waals surface area contributed by atoms with Gasteiger partial charge >= 0.3 is 0 Å². The fourth-order valence-corrected chi connectivity index (χ4v) is 2.21. The Labute approximate surface area is 113 Å². The van der Waals surface area contributed by atoms with Gasteiger partial charge in [-0.25, -0.2) is 5.53 Å². The maximum atomic E-state index is 11.6. The van der Waals surface area contributed by atoms with E-state index in [0.717, 1.165) is 0 Å². The number of carbonyl (C=O) groups excluding carboxylic acids is 1. The van der Waals surface area contributed by atoms with E-state index < -0.39 is 49.4 Å². The average Bonchev–Trinajstić information content (AvgIpc) is 2.93. The van der Waals surface area contributed by atoms with Gasteiger partial charge in [-0.1, -0.05) is 0 Å². The molecule has 2 aliphatic heterocycles. The molecular formula is C10H15N5O5. The SMILES string of the molecule is N=NCC(=O)C1=NNC([C@@H]2O[C@H](CO)[C@@H](O)[C@H]2O)C1=N. The largest absolute Gasteiger partial charge is 0.394 e. The Morgan fingerprint density at radius 2 is 2.15 bits per heavy atom. The maximum absolute atomic E-state index is 11.6. The Hall–Kier alpha value is -1.75. The van der Waals surface area contributed by atoms with Crippen molar-refractivity contribution >= 4 is 17.2 Å². The number of Topliss-reactive ketones (excluding diaryl/α,β-unsaturated/α-hetero) is 1. The molecule has 0 spiro atoms. The molecule has 1 saturated heterocycles. The van der Waals surface area contributed by atoms with Crippen molar-refractivity contribution in [3.63, 3.8) is 0 Å². The second-order valence-corrected chi connectivity index (χ2v) is 4.52. The van der Waals surface area contributed by atoms with E-state index >= 15 is 0 Å². The molecule has 2 aliphatic rings. The van der Waals surface area contributed by atoms with Crippen LogP contribution in [0.2, 0.25) is 0 Å². The summed E-state index contributed by atoms with van der Waals surface area (Å²) >= 11 is 0. The number of ketones is 1. The van der Waals surface area contributed by atoms with Crippen LogP contribution in [0.1, 0.15) is 0 Å². The summed E-state index contributed by atoms with van der Waals surface area (Å²) in [6.07, 6.45) is -4.54. The molecule has 20 heavy (non-hydrogen) atoms. The third-order valence-corrected chi connectivity index (χ3v) is 3.28. The lowest BCUT2D eigenvalue weighted by Gasteiger charge is -2.21. The van der Waals surface area contributed by atoms with Crippen molar-refractivity contribution in [2.24, 2.45) is 10.2 Å². The van der Waals surface area contributed by atoms with Crippen molar-refractivity contribution in [3.05, 3.63) is 0 Å². The van der Waals surface area contributed by atoms with Gasteiger partial charge in [0.1, 0.15) is 37.0 Å². The number of ether oxygens (including phenoxy) is 1. The molecule has 0 saturated carbocycles. The predicted octanol–water partition coefficient (Wildman–Crippen LogP) is -2.58. The fraction of sp³-hybridized carbons (Fsp3) is 0.700. The van der Waals surface area contributed by atoms with Crippen LogP contribution in [-0.2, 0) is 9.53 Å². The first-order valence-corrected chi connectivity index (χ1v) is 5.92. The average molecular weight is 285 g/mol. The van der Waals surface area contributed by atoms with Crippen LogP contribution >= 0.6 is 0 Å². The van der Waals surface area contributed by atoms with E-state index in [1.54, 1.807) is 0 Å². The van der Waals surface area contributed by atoms with Crippen molar-refractivity contribution in [1.82, 2.24) is 5.43 Å². The number of carbonyl (C=O) groups is 1. The highest BCUT2D eigenvalue weighted by Gasteiger charge is 2.49. The third-order valence-electron chi connectivity index (χ3n) is 3.28. The summed E-state index contributed by atoms with van der Waals surface area (Å²) in [5.41, 5.74) is 8.74. The van der Waals surface area contributed by atoms with Gasteiger partial charge in [-0.3, -0.25) is 10.2 Å². The maximum Gasteiger partial charge on any atom is 0.208 e. The van der Waals surface area contributed by atoms with Gasteiger partial charge in [0, 0.05) is 0 Å². The first-order valence-electron chi connectivity index (χ1n) is 5.92. The van der Waals surface area contributed by atoms with Crippen molar-refractivity contribution in [3.8, 4) is 0 Å². The van der Waals surface area contributed by atoms with E-state index in [1.807, 2.05) is 0 Å². The minimum absolute atomic E-state index is 0.177. The van der Waals surface area contributed by atoms with Crippen LogP contribution in [0.5, 0.6) is 0 Å². The second kappa shape index (κ2) is 5.71. The topological polar surface area (TPSA) is 171 Å². The zero-order valence-corrected chi connectivity index (χ0v) is 10.4. The van der Waals surface area contributed by atoms with Crippen LogP contribution in [0.4, 0.5) is 0 Å². The summed E-state index contributed by atoms with van der Waals surface area (Å²) in [7, 11) is 0. The zero-order valence-electron chi connectivity index (χ0n) is 10.4. The summed E-state index contributed by atoms with van der Waals surface area (Å²) in [5.74, 6) is -0.591. The number of nitrogens with zero attached hydrogens (tertiary/aromatic N) is 2. The van der Waals surface area contributed by atoms with Gasteiger partial charge in [0.15, 0.2) is 5.71 Å². The highest BCUT2D eigenvalue weighted by molar-refractivity contribution is 6.68. The Morgan fingerprint density at radius 3 is 2.70 bits per heavy atom. The standard InChI is InChI=1S/C10H15N5O5/c11-5-6(3(17)1-13-12)14-15-7(5)10-9(19)8(18)4(2-16)20-10/h4,7-12,15-16,18-19H,1-2H2/t4-,7?,8-,9-,10+/m1/s1. The predicted molar refractivity (Wildman–Crippen MR) is 64.9 cm³/mol. The molecule has 2 heterocycles. The monoisotopic (exact) mass is 285 g/mol. The molecule has 0 aliphatic carbocycles. The normalized spacial score (nSPS) is 36.6. The molecule has 0 radical (unpaired) electrons. The Bertz CT molecular complexity index is 467. The highest BCUT2D eigenvalue weighted by Crippen LogP contribution is 2.25. The molecule has 10 nitrogen and oxygen atoms in total. The molecule has 0 amide bonds.